The van der Waals surface area contributed by atoms with Gasteiger partial charge in [-0.05, 0) is 4.53 Å². The van der Waals surface area contributed by atoms with Crippen LogP contribution < -0.4 is 4.62 Å². The van der Waals surface area contributed by atoms with Crippen molar-refractivity contribution in [3.63, 3.8) is 0 Å². The summed E-state index contributed by atoms with van der Waals surface area (Å²) in [6.07, 6.45) is 7.65. The molecule has 1 aliphatic carbocycles. The van der Waals surface area contributed by atoms with Crippen molar-refractivity contribution in [2.75, 3.05) is 39.3 Å². The van der Waals surface area contributed by atoms with Gasteiger partial charge in [0.1, 0.15) is 0 Å². The van der Waals surface area contributed by atoms with Crippen LogP contribution in [0.5, 0.6) is 0 Å². The summed E-state index contributed by atoms with van der Waals surface area (Å²) in [6.45, 7) is 6.87. The van der Waals surface area contributed by atoms with Gasteiger partial charge in [0, 0.05) is 0 Å². The van der Waals surface area contributed by atoms with Crippen molar-refractivity contribution in [2.45, 2.75) is 70.8 Å². The van der Waals surface area contributed by atoms with Gasteiger partial charge in [-0.15, -0.1) is 69.6 Å². The molecular formula is C24H37Cl6FN6O5P2. The Labute approximate surface area is 286 Å². The Morgan fingerprint density at radius 1 is 0.727 bits per heavy atom. The first-order chi connectivity index (χ1) is 20.9. The summed E-state index contributed by atoms with van der Waals surface area (Å²) >= 11 is 35.3. The van der Waals surface area contributed by atoms with Gasteiger partial charge >= 0.3 is 163 Å². The van der Waals surface area contributed by atoms with Gasteiger partial charge in [-0.2, -0.15) is 0 Å². The summed E-state index contributed by atoms with van der Waals surface area (Å²) in [4.78, 5) is 16.4. The van der Waals surface area contributed by atoms with Crippen molar-refractivity contribution in [2.24, 2.45) is 0 Å². The van der Waals surface area contributed by atoms with Crippen LogP contribution in [0.25, 0.3) is 11.0 Å². The molecule has 6 rings (SSSR count). The van der Waals surface area contributed by atoms with Crippen LogP contribution in [0.2, 0.25) is 0 Å². The zero-order valence-electron chi connectivity index (χ0n) is 23.7. The normalized spacial score (nSPS) is 30.9. The summed E-state index contributed by atoms with van der Waals surface area (Å²) < 4.78 is 36.4. The van der Waals surface area contributed by atoms with E-state index in [1.54, 1.807) is 4.85 Å². The fourth-order valence-electron chi connectivity index (χ4n) is 5.88. The van der Waals surface area contributed by atoms with Gasteiger partial charge in [0.05, 0.1) is 32.3 Å². The average Bonchev–Trinajstić information content (AvgIpc) is 3.85. The molecule has 4 fully saturated rings. The van der Waals surface area contributed by atoms with Gasteiger partial charge in [0.25, 0.3) is 0 Å². The Kier molecular flexibility index (Phi) is 14.2. The van der Waals surface area contributed by atoms with E-state index in [-0.39, 0.29) is 0 Å². The van der Waals surface area contributed by atoms with Gasteiger partial charge in [-0.25, -0.2) is 4.57 Å². The molecule has 2 N–H and O–H groups in total. The zero-order chi connectivity index (χ0) is 32.1. The number of nitrogens with zero attached hydrogens (tertiary/aromatic N) is 6. The number of fused-ring (bicyclic) bond motifs is 1. The Morgan fingerprint density at radius 2 is 1.07 bits per heavy atom. The minimum atomic E-state index is -4.81. The summed E-state index contributed by atoms with van der Waals surface area (Å²) in [5.41, 5.74) is 1.88. The molecular weight excluding hydrogens is 746 g/mol. The molecule has 0 amide bonds. The van der Waals surface area contributed by atoms with E-state index >= 15 is 0 Å². The van der Waals surface area contributed by atoms with Crippen molar-refractivity contribution in [3.8, 4) is 0 Å². The maximum atomic E-state index is 10.2. The van der Waals surface area contributed by atoms with Crippen LogP contribution in [0.15, 0.2) is 24.3 Å². The summed E-state index contributed by atoms with van der Waals surface area (Å²) in [6, 6.07) is 8.11. The molecule has 3 saturated heterocycles. The number of rotatable bonds is 6. The number of alkyl halides is 6. The third kappa shape index (κ3) is 8.75. The van der Waals surface area contributed by atoms with Crippen LogP contribution in [0, 0.1) is 0 Å². The Morgan fingerprint density at radius 3 is 1.41 bits per heavy atom. The molecule has 44 heavy (non-hydrogen) atoms. The van der Waals surface area contributed by atoms with Crippen LogP contribution in [0.3, 0.4) is 0 Å². The molecule has 1 aromatic heterocycles. The summed E-state index contributed by atoms with van der Waals surface area (Å²) in [5, 5.41) is 6.11. The molecule has 0 radical (unpaired) electrons. The van der Waals surface area contributed by atoms with Crippen molar-refractivity contribution in [1.29, 1.82) is 0 Å². The molecule has 0 bridgehead atoms. The van der Waals surface area contributed by atoms with Crippen LogP contribution in [-0.2, 0) is 9.29 Å². The van der Waals surface area contributed by atoms with Crippen molar-refractivity contribution in [3.05, 3.63) is 24.3 Å². The molecule has 1 saturated carbocycles. The van der Waals surface area contributed by atoms with E-state index < -0.39 is 48.0 Å². The number of phosphoric acid groups is 1. The van der Waals surface area contributed by atoms with E-state index in [1.807, 2.05) is 18.2 Å². The van der Waals surface area contributed by atoms with Crippen LogP contribution in [0.1, 0.15) is 38.5 Å². The zero-order valence-corrected chi connectivity index (χ0v) is 30.1. The van der Waals surface area contributed by atoms with Gasteiger partial charge in [0.2, 0.25) is 0 Å². The maximum absolute atomic E-state index is 10.2. The van der Waals surface area contributed by atoms with Gasteiger partial charge in [0.15, 0.2) is 0 Å². The van der Waals surface area contributed by atoms with Gasteiger partial charge in [-0.1, -0.05) is 4.73 Å². The van der Waals surface area contributed by atoms with E-state index in [2.05, 4.69) is 35.1 Å². The number of hydrogen-bond donors (Lipinski definition) is 2. The number of benzene rings is 1. The predicted octanol–water partition coefficient (Wildman–Crippen LogP) is 6.18. The average molecular weight is 783 g/mol. The molecule has 4 aliphatic rings. The predicted molar refractivity (Wildman–Crippen MR) is 177 cm³/mol. The fraction of sp³-hybridized carbons (Fsp3) is 0.750. The quantitative estimate of drug-likeness (QED) is 0.260. The first-order valence-corrected chi connectivity index (χ1v) is 20.3. The molecule has 4 heterocycles. The summed E-state index contributed by atoms with van der Waals surface area (Å²) in [7, 11) is -7.27. The number of aromatic nitrogens is 3. The topological polar surface area (TPSA) is 116 Å². The molecule has 0 atom stereocenters. The second-order valence-electron chi connectivity index (χ2n) is 10.9. The van der Waals surface area contributed by atoms with Crippen molar-refractivity contribution < 1.29 is 28.2 Å². The van der Waals surface area contributed by atoms with Crippen LogP contribution >= 0.6 is 85.4 Å². The minimum absolute atomic E-state index is 0.437. The third-order valence-corrected chi connectivity index (χ3v) is 16.4. The van der Waals surface area contributed by atoms with E-state index in [0.717, 1.165) is 50.3 Å². The molecule has 252 valence electrons. The number of para-hydroxylation sites is 1. The second kappa shape index (κ2) is 16.8. The SMILES string of the molecule is Cl[C@H]1[C@H](Cl)[C@@H](Cl)[C@@H](Cl)[C@H](Cl)[C@H]1Cl.O=P(O)(O)OF.c1ccc2c(c1)nnn2O[PH](N1CCCC1)(N1CCCC1)N1CCCC1. The molecule has 2 aromatic rings. The second-order valence-corrected chi connectivity index (χ2v) is 18.3. The van der Waals surface area contributed by atoms with Gasteiger partial charge in [-0.3, -0.25) is 0 Å². The number of halogens is 7. The summed E-state index contributed by atoms with van der Waals surface area (Å²) in [5.74, 6) is 0. The first-order valence-electron chi connectivity index (χ1n) is 14.4. The molecule has 3 aliphatic heterocycles. The van der Waals surface area contributed by atoms with E-state index in [0.29, 0.717) is 0 Å². The molecule has 11 nitrogen and oxygen atoms in total. The molecule has 0 unspecified atom stereocenters. The van der Waals surface area contributed by atoms with Crippen molar-refractivity contribution in [1.82, 2.24) is 29.2 Å². The van der Waals surface area contributed by atoms with Crippen LogP contribution in [0.4, 0.5) is 4.53 Å². The van der Waals surface area contributed by atoms with Crippen LogP contribution in [-0.4, -0.2) is 110 Å². The van der Waals surface area contributed by atoms with E-state index in [4.69, 9.17) is 88.6 Å². The van der Waals surface area contributed by atoms with E-state index in [1.165, 1.54) is 38.5 Å². The standard InChI is InChI=1S/C18H29N6OP.C6H6Cl6.FH2O4P/c1-2-10-18-17(9-1)19-20-24(18)25-26(21-11-3-4-12-21,22-13-5-6-14-22)23-15-7-8-16-23;7-1-2(8)4(10)6(12)5(11)3(1)9;1-5-6(2,3)4/h1-2,9-10,26H,3-8,11-16H2;1-6H;(H2,2,3,4)/t;1-,2-,3-,4+,5+,6+;. The van der Waals surface area contributed by atoms with Crippen molar-refractivity contribution >= 4 is 96.4 Å². The third-order valence-electron chi connectivity index (χ3n) is 8.00. The molecule has 1 aromatic carbocycles. The molecule has 20 heteroatoms. The first kappa shape index (κ1) is 37.3. The Hall–Kier alpha value is 0.510. The van der Waals surface area contributed by atoms with E-state index in [9.17, 15) is 4.53 Å². The monoisotopic (exact) mass is 780 g/mol. The fourth-order valence-corrected chi connectivity index (χ4v) is 12.8. The van der Waals surface area contributed by atoms with Gasteiger partial charge < -0.3 is 9.79 Å². The Bertz CT molecular complexity index is 1140. The number of hydrogen-bond acceptors (Lipinski definition) is 8. The molecule has 0 spiro atoms. The Balaban J connectivity index is 0.000000204.